The number of nitrogens with one attached hydrogen (secondary N) is 1. The molecule has 0 unspecified atom stereocenters. The Bertz CT molecular complexity index is 759. The molecule has 110 valence electrons. The zero-order valence-electron chi connectivity index (χ0n) is 11.1. The van der Waals surface area contributed by atoms with E-state index in [1.807, 2.05) is 0 Å². The molecule has 0 atom stereocenters. The van der Waals surface area contributed by atoms with Gasteiger partial charge in [0.1, 0.15) is 23.3 Å². The predicted molar refractivity (Wildman–Crippen MR) is 80.0 cm³/mol. The number of carbonyl (C=O) groups is 1. The Balaban J connectivity index is 2.28. The average Bonchev–Trinajstić information content (AvgIpc) is 2.49. The summed E-state index contributed by atoms with van der Waals surface area (Å²) in [5, 5.41) is 12.0. The molecule has 0 spiro atoms. The van der Waals surface area contributed by atoms with E-state index >= 15 is 0 Å². The minimum absolute atomic E-state index is 0.407. The highest BCUT2D eigenvalue weighted by Crippen LogP contribution is 2.18. The highest BCUT2D eigenvalue weighted by Gasteiger charge is 2.13. The van der Waals surface area contributed by atoms with E-state index < -0.39 is 28.7 Å². The van der Waals surface area contributed by atoms with Crippen molar-refractivity contribution in [2.24, 2.45) is 0 Å². The number of amides is 1. The zero-order chi connectivity index (χ0) is 16.1. The zero-order valence-corrected chi connectivity index (χ0v) is 11.9. The molecule has 0 aliphatic rings. The van der Waals surface area contributed by atoms with Crippen LogP contribution < -0.4 is 5.32 Å². The Hall–Kier alpha value is -2.71. The van der Waals surface area contributed by atoms with Gasteiger partial charge < -0.3 is 5.32 Å². The summed E-state index contributed by atoms with van der Waals surface area (Å²) in [5.74, 6) is -2.48. The lowest BCUT2D eigenvalue weighted by atomic mass is 10.1. The van der Waals surface area contributed by atoms with Gasteiger partial charge in [-0.1, -0.05) is 17.7 Å². The van der Waals surface area contributed by atoms with Crippen molar-refractivity contribution < 1.29 is 13.6 Å². The SMILES string of the molecule is N#C/C(=C\c1c(F)cccc1F)C(=O)Nc1ccc(Cl)cc1. The highest BCUT2D eigenvalue weighted by molar-refractivity contribution is 6.30. The smallest absolute Gasteiger partial charge is 0.266 e. The Labute approximate surface area is 130 Å². The molecule has 0 fully saturated rings. The summed E-state index contributed by atoms with van der Waals surface area (Å²) in [6.45, 7) is 0. The number of benzene rings is 2. The number of hydrogen-bond acceptors (Lipinski definition) is 2. The van der Waals surface area contributed by atoms with E-state index in [1.165, 1.54) is 6.07 Å². The molecule has 1 N–H and O–H groups in total. The number of carbonyl (C=O) groups excluding carboxylic acids is 1. The molecule has 0 bridgehead atoms. The Morgan fingerprint density at radius 3 is 2.27 bits per heavy atom. The van der Waals surface area contributed by atoms with Crippen molar-refractivity contribution in [2.45, 2.75) is 0 Å². The minimum Gasteiger partial charge on any atom is -0.321 e. The molecule has 0 radical (unpaired) electrons. The number of nitrogens with zero attached hydrogens (tertiary/aromatic N) is 1. The lowest BCUT2D eigenvalue weighted by Gasteiger charge is -2.05. The van der Waals surface area contributed by atoms with Crippen molar-refractivity contribution in [2.75, 3.05) is 5.32 Å². The van der Waals surface area contributed by atoms with E-state index in [1.54, 1.807) is 30.3 Å². The average molecular weight is 319 g/mol. The van der Waals surface area contributed by atoms with Crippen LogP contribution in [0.3, 0.4) is 0 Å². The first-order chi connectivity index (χ1) is 10.5. The summed E-state index contributed by atoms with van der Waals surface area (Å²) >= 11 is 5.72. The van der Waals surface area contributed by atoms with Gasteiger partial charge in [0.2, 0.25) is 0 Å². The second kappa shape index (κ2) is 6.83. The predicted octanol–water partition coefficient (Wildman–Crippen LogP) is 4.16. The van der Waals surface area contributed by atoms with Gasteiger partial charge in [-0.05, 0) is 42.5 Å². The molecule has 6 heteroatoms. The van der Waals surface area contributed by atoms with E-state index in [0.717, 1.165) is 18.2 Å². The lowest BCUT2D eigenvalue weighted by molar-refractivity contribution is -0.112. The van der Waals surface area contributed by atoms with Gasteiger partial charge in [-0.2, -0.15) is 5.26 Å². The fraction of sp³-hybridized carbons (Fsp3) is 0. The molecule has 2 aromatic rings. The summed E-state index contributed by atoms with van der Waals surface area (Å²) in [5.41, 5.74) is -0.450. The Morgan fingerprint density at radius 1 is 1.14 bits per heavy atom. The van der Waals surface area contributed by atoms with Crippen molar-refractivity contribution in [3.63, 3.8) is 0 Å². The van der Waals surface area contributed by atoms with Crippen LogP contribution in [0.4, 0.5) is 14.5 Å². The maximum absolute atomic E-state index is 13.5. The second-order valence-electron chi connectivity index (χ2n) is 4.27. The monoisotopic (exact) mass is 318 g/mol. The molecule has 22 heavy (non-hydrogen) atoms. The molecular weight excluding hydrogens is 310 g/mol. The van der Waals surface area contributed by atoms with Crippen LogP contribution in [-0.2, 0) is 4.79 Å². The Morgan fingerprint density at radius 2 is 1.73 bits per heavy atom. The minimum atomic E-state index is -0.855. The number of hydrogen-bond donors (Lipinski definition) is 1. The van der Waals surface area contributed by atoms with Crippen LogP contribution in [0.15, 0.2) is 48.0 Å². The molecule has 0 saturated heterocycles. The molecule has 2 rings (SSSR count). The van der Waals surface area contributed by atoms with Crippen LogP contribution in [0.25, 0.3) is 6.08 Å². The molecule has 0 saturated carbocycles. The fourth-order valence-corrected chi connectivity index (χ4v) is 1.80. The highest BCUT2D eigenvalue weighted by atomic mass is 35.5. The third-order valence-corrected chi connectivity index (χ3v) is 3.01. The fourth-order valence-electron chi connectivity index (χ4n) is 1.67. The van der Waals surface area contributed by atoms with Gasteiger partial charge in [-0.25, -0.2) is 8.78 Å². The lowest BCUT2D eigenvalue weighted by Crippen LogP contribution is -2.13. The molecule has 0 heterocycles. The standard InChI is InChI=1S/C16H9ClF2N2O/c17-11-4-6-12(7-5-11)21-16(22)10(9-20)8-13-14(18)2-1-3-15(13)19/h1-8H,(H,21,22)/b10-8+. The third-order valence-electron chi connectivity index (χ3n) is 2.76. The van der Waals surface area contributed by atoms with Gasteiger partial charge in [-0.15, -0.1) is 0 Å². The van der Waals surface area contributed by atoms with Crippen molar-refractivity contribution in [1.82, 2.24) is 0 Å². The van der Waals surface area contributed by atoms with Gasteiger partial charge in [0.25, 0.3) is 5.91 Å². The van der Waals surface area contributed by atoms with Crippen LogP contribution in [0.2, 0.25) is 5.02 Å². The van der Waals surface area contributed by atoms with E-state index in [4.69, 9.17) is 16.9 Å². The van der Waals surface area contributed by atoms with Crippen LogP contribution in [-0.4, -0.2) is 5.91 Å². The van der Waals surface area contributed by atoms with E-state index in [-0.39, 0.29) is 0 Å². The van der Waals surface area contributed by atoms with Gasteiger partial charge in [0, 0.05) is 16.3 Å². The molecule has 3 nitrogen and oxygen atoms in total. The van der Waals surface area contributed by atoms with Crippen molar-refractivity contribution in [3.8, 4) is 6.07 Å². The molecule has 1 amide bonds. The molecule has 0 aliphatic heterocycles. The van der Waals surface area contributed by atoms with Crippen molar-refractivity contribution >= 4 is 29.3 Å². The van der Waals surface area contributed by atoms with E-state index in [2.05, 4.69) is 5.32 Å². The Kier molecular flexibility index (Phi) is 4.87. The van der Waals surface area contributed by atoms with Crippen LogP contribution in [0.5, 0.6) is 0 Å². The van der Waals surface area contributed by atoms with Gasteiger partial charge >= 0.3 is 0 Å². The first kappa shape index (κ1) is 15.7. The first-order valence-corrected chi connectivity index (χ1v) is 6.52. The molecule has 0 aromatic heterocycles. The third kappa shape index (κ3) is 3.68. The first-order valence-electron chi connectivity index (χ1n) is 6.14. The quantitative estimate of drug-likeness (QED) is 0.682. The number of anilines is 1. The largest absolute Gasteiger partial charge is 0.321 e. The summed E-state index contributed by atoms with van der Waals surface area (Å²) in [6, 6.07) is 11.1. The number of halogens is 3. The summed E-state index contributed by atoms with van der Waals surface area (Å²) in [6.07, 6.45) is 0.871. The summed E-state index contributed by atoms with van der Waals surface area (Å²) < 4.78 is 27.1. The maximum atomic E-state index is 13.5. The van der Waals surface area contributed by atoms with Crippen LogP contribution in [0, 0.1) is 23.0 Å². The molecule has 0 aliphatic carbocycles. The van der Waals surface area contributed by atoms with E-state index in [9.17, 15) is 13.6 Å². The molecular formula is C16H9ClF2N2O. The van der Waals surface area contributed by atoms with Crippen molar-refractivity contribution in [3.05, 3.63) is 70.3 Å². The van der Waals surface area contributed by atoms with Crippen LogP contribution in [0.1, 0.15) is 5.56 Å². The summed E-state index contributed by atoms with van der Waals surface area (Å²) in [4.78, 5) is 12.0. The van der Waals surface area contributed by atoms with Gasteiger partial charge in [0.05, 0.1) is 0 Å². The number of nitriles is 1. The topological polar surface area (TPSA) is 52.9 Å². The van der Waals surface area contributed by atoms with E-state index in [0.29, 0.717) is 10.7 Å². The second-order valence-corrected chi connectivity index (χ2v) is 4.70. The van der Waals surface area contributed by atoms with Crippen LogP contribution >= 0.6 is 11.6 Å². The van der Waals surface area contributed by atoms with Gasteiger partial charge in [0.15, 0.2) is 0 Å². The van der Waals surface area contributed by atoms with Crippen molar-refractivity contribution in [1.29, 1.82) is 5.26 Å². The maximum Gasteiger partial charge on any atom is 0.266 e. The van der Waals surface area contributed by atoms with Gasteiger partial charge in [-0.3, -0.25) is 4.79 Å². The normalized spacial score (nSPS) is 10.9. The summed E-state index contributed by atoms with van der Waals surface area (Å²) in [7, 11) is 0. The molecule has 2 aromatic carbocycles. The number of rotatable bonds is 3.